The molecule has 0 aliphatic heterocycles. The van der Waals surface area contributed by atoms with Crippen molar-refractivity contribution in [2.45, 2.75) is 13.1 Å². The van der Waals surface area contributed by atoms with Crippen LogP contribution in [0.5, 0.6) is 0 Å². The number of rotatable bonds is 6. The van der Waals surface area contributed by atoms with Gasteiger partial charge in [0.15, 0.2) is 13.1 Å². The minimum Gasteiger partial charge on any atom is -0.480 e. The molecule has 0 amide bonds. The summed E-state index contributed by atoms with van der Waals surface area (Å²) in [6.45, 7) is -0.556. The van der Waals surface area contributed by atoms with E-state index in [0.29, 0.717) is 11.6 Å². The van der Waals surface area contributed by atoms with Crippen LogP contribution in [0.4, 0.5) is 0 Å². The van der Waals surface area contributed by atoms with Crippen molar-refractivity contribution >= 4 is 11.9 Å². The molecule has 0 atom stereocenters. The van der Waals surface area contributed by atoms with Gasteiger partial charge in [-0.05, 0) is 74.6 Å². The Morgan fingerprint density at radius 2 is 0.829 bits per heavy atom. The van der Waals surface area contributed by atoms with Crippen molar-refractivity contribution < 1.29 is 41.5 Å². The van der Waals surface area contributed by atoms with Crippen molar-refractivity contribution in [3.63, 3.8) is 0 Å². The number of hydrogen-bond acceptors (Lipinski definition) is 8. The zero-order valence-electron chi connectivity index (χ0n) is 21.7. The summed E-state index contributed by atoms with van der Waals surface area (Å²) in [5, 5.41) is 39.7. The molecule has 41 heavy (non-hydrogen) atoms. The molecule has 2 fully saturated rings. The fourth-order valence-electron chi connectivity index (χ4n) is 2.91. The van der Waals surface area contributed by atoms with E-state index in [9.17, 15) is 9.59 Å². The summed E-state index contributed by atoms with van der Waals surface area (Å²) in [6.07, 6.45) is 20.0. The molecular weight excluding hydrogens is 560 g/mol. The van der Waals surface area contributed by atoms with Crippen LogP contribution in [0.1, 0.15) is 0 Å². The molecule has 2 aromatic heterocycles. The van der Waals surface area contributed by atoms with E-state index in [2.05, 4.69) is 30.8 Å². The second kappa shape index (κ2) is 19.3. The molecule has 12 nitrogen and oxygen atoms in total. The average Bonchev–Trinajstić information content (AvgIpc) is 3.79. The zero-order valence-corrected chi connectivity index (χ0v) is 23.3. The number of tetrazole rings is 2. The Labute approximate surface area is 254 Å². The van der Waals surface area contributed by atoms with Crippen LogP contribution in [0.2, 0.25) is 0 Å². The van der Waals surface area contributed by atoms with E-state index in [1.807, 2.05) is 125 Å². The molecule has 2 N–H and O–H groups in total. The van der Waals surface area contributed by atoms with E-state index < -0.39 is 11.9 Å². The van der Waals surface area contributed by atoms with Gasteiger partial charge in [-0.2, -0.15) is 9.59 Å². The van der Waals surface area contributed by atoms with Gasteiger partial charge in [0.2, 0.25) is 11.6 Å². The van der Waals surface area contributed by atoms with E-state index >= 15 is 0 Å². The van der Waals surface area contributed by atoms with Crippen LogP contribution in [0.25, 0.3) is 22.8 Å². The summed E-state index contributed by atoms with van der Waals surface area (Å²) >= 11 is 0. The minimum atomic E-state index is -0.994. The second-order valence-electron chi connectivity index (χ2n) is 7.73. The van der Waals surface area contributed by atoms with Crippen LogP contribution in [-0.2, 0) is 44.4 Å². The van der Waals surface area contributed by atoms with Crippen LogP contribution in [0.15, 0.2) is 60.7 Å². The summed E-state index contributed by atoms with van der Waals surface area (Å²) < 4.78 is 0. The van der Waals surface area contributed by atoms with Crippen LogP contribution < -0.4 is 0 Å². The van der Waals surface area contributed by atoms with Gasteiger partial charge in [0.25, 0.3) is 0 Å². The van der Waals surface area contributed by atoms with Gasteiger partial charge in [-0.25, -0.2) is 0 Å². The Morgan fingerprint density at radius 1 is 0.537 bits per heavy atom. The maximum absolute atomic E-state index is 10.4. The van der Waals surface area contributed by atoms with Gasteiger partial charge in [0.1, 0.15) is 0 Å². The van der Waals surface area contributed by atoms with E-state index in [1.54, 1.807) is 0 Å². The number of benzene rings is 2. The molecule has 10 radical (unpaired) electrons. The van der Waals surface area contributed by atoms with Gasteiger partial charge >= 0.3 is 33.7 Å². The van der Waals surface area contributed by atoms with Crippen molar-refractivity contribution in [2.75, 3.05) is 0 Å². The molecule has 2 aliphatic rings. The Morgan fingerprint density at radius 3 is 1.10 bits per heavy atom. The first-order valence-electron chi connectivity index (χ1n) is 11.9. The largest absolute Gasteiger partial charge is 2.00 e. The van der Waals surface area contributed by atoms with Crippen molar-refractivity contribution in [2.24, 2.45) is 0 Å². The van der Waals surface area contributed by atoms with E-state index in [0.717, 1.165) is 20.7 Å². The van der Waals surface area contributed by atoms with Gasteiger partial charge in [-0.1, -0.05) is 60.7 Å². The number of aromatic nitrogens is 8. The molecule has 204 valence electrons. The third-order valence-electron chi connectivity index (χ3n) is 4.63. The topological polar surface area (TPSA) is 162 Å². The van der Waals surface area contributed by atoms with Gasteiger partial charge in [-0.15, -0.1) is 20.4 Å². The molecule has 0 unspecified atom stereocenters. The summed E-state index contributed by atoms with van der Waals surface area (Å²) in [4.78, 5) is 22.9. The Kier molecular flexibility index (Phi) is 15.8. The number of carbonyl (C=O) groups is 2. The van der Waals surface area contributed by atoms with Crippen molar-refractivity contribution in [3.05, 3.63) is 125 Å². The molecule has 0 saturated heterocycles. The van der Waals surface area contributed by atoms with Crippen molar-refractivity contribution in [1.29, 1.82) is 0 Å². The zero-order chi connectivity index (χ0) is 28.4. The molecule has 6 rings (SSSR count). The summed E-state index contributed by atoms with van der Waals surface area (Å²) in [5.41, 5.74) is 1.63. The normalized spacial score (nSPS) is 13.3. The second-order valence-corrected chi connectivity index (χ2v) is 7.73. The average molecular weight is 586 g/mol. The standard InChI is InChI=1S/2C9H8N4O2.2C5H5.Ti/c2*14-8(15)6-13-11-9(10-12-13)7-4-2-1-3-5-7;2*1-2-4-5-3-1;/h2*1-5H,6H2,(H,14,15);2*1-5H;/q;;;;+2. The fourth-order valence-corrected chi connectivity index (χ4v) is 2.91. The summed E-state index contributed by atoms with van der Waals surface area (Å²) in [6, 6.07) is 18.5. The van der Waals surface area contributed by atoms with Crippen LogP contribution in [0, 0.1) is 64.2 Å². The van der Waals surface area contributed by atoms with Gasteiger partial charge in [-0.3, -0.25) is 9.59 Å². The first-order valence-corrected chi connectivity index (χ1v) is 11.9. The Hall–Kier alpha value is -3.77. The molecule has 2 aromatic carbocycles. The fraction of sp³-hybridized carbons (Fsp3) is 0.0714. The third kappa shape index (κ3) is 13.4. The quantitative estimate of drug-likeness (QED) is 0.322. The number of nitrogens with zero attached hydrogens (tertiary/aromatic N) is 8. The molecule has 4 aromatic rings. The van der Waals surface area contributed by atoms with E-state index in [-0.39, 0.29) is 34.8 Å². The molecule has 2 heterocycles. The third-order valence-corrected chi connectivity index (χ3v) is 4.63. The van der Waals surface area contributed by atoms with Crippen LogP contribution >= 0.6 is 0 Å². The summed E-state index contributed by atoms with van der Waals surface area (Å²) in [7, 11) is 0. The van der Waals surface area contributed by atoms with Gasteiger partial charge < -0.3 is 10.2 Å². The molecule has 0 spiro atoms. The van der Waals surface area contributed by atoms with Gasteiger partial charge in [0, 0.05) is 11.1 Å². The van der Waals surface area contributed by atoms with E-state index in [1.165, 1.54) is 0 Å². The smallest absolute Gasteiger partial charge is 0.480 e. The number of carboxylic acid groups (broad SMARTS) is 2. The minimum absolute atomic E-state index is 0. The van der Waals surface area contributed by atoms with E-state index in [4.69, 9.17) is 10.2 Å². The maximum atomic E-state index is 10.4. The van der Waals surface area contributed by atoms with Crippen LogP contribution in [0.3, 0.4) is 0 Å². The summed E-state index contributed by atoms with van der Waals surface area (Å²) in [5.74, 6) is -1.13. The molecular formula is C28H26N8O4Ti+2. The number of carboxylic acids is 2. The predicted molar refractivity (Wildman–Crippen MR) is 145 cm³/mol. The van der Waals surface area contributed by atoms with Crippen LogP contribution in [-0.4, -0.2) is 62.6 Å². The molecule has 2 aliphatic carbocycles. The first kappa shape index (κ1) is 33.4. The molecule has 0 bridgehead atoms. The Bertz CT molecular complexity index is 1160. The SMILES string of the molecule is O=C(O)Cn1nnc(-c2ccccc2)n1.O=C(O)Cn1nnc(-c2ccccc2)n1.[CH]1[CH][CH][CH][CH]1.[CH]1[CH][CH][CH][CH]1.[Ti+2]. The first-order chi connectivity index (χ1) is 19.5. The molecule has 2 saturated carbocycles. The Balaban J connectivity index is 0.000000211. The van der Waals surface area contributed by atoms with Crippen molar-refractivity contribution in [3.8, 4) is 22.8 Å². The predicted octanol–water partition coefficient (Wildman–Crippen LogP) is 2.89. The number of aliphatic carboxylic acids is 2. The monoisotopic (exact) mass is 586 g/mol. The van der Waals surface area contributed by atoms with Gasteiger partial charge in [0.05, 0.1) is 0 Å². The maximum Gasteiger partial charge on any atom is 2.00 e. The molecule has 13 heteroatoms. The van der Waals surface area contributed by atoms with Crippen molar-refractivity contribution in [1.82, 2.24) is 40.4 Å². The number of hydrogen-bond donors (Lipinski definition) is 2.